The van der Waals surface area contributed by atoms with Gasteiger partial charge in [-0.05, 0) is 6.08 Å². The van der Waals surface area contributed by atoms with Crippen molar-refractivity contribution in [3.8, 4) is 0 Å². The van der Waals surface area contributed by atoms with Gasteiger partial charge in [-0.2, -0.15) is 26.3 Å². The molecule has 0 aromatic heterocycles. The van der Waals surface area contributed by atoms with Crippen molar-refractivity contribution in [2.45, 2.75) is 39.8 Å². The first-order valence-corrected chi connectivity index (χ1v) is 6.20. The summed E-state index contributed by atoms with van der Waals surface area (Å²) in [6, 6.07) is 0. The van der Waals surface area contributed by atoms with Crippen molar-refractivity contribution in [1.29, 1.82) is 0 Å². The molecule has 0 fully saturated rings. The Morgan fingerprint density at radius 2 is 1.22 bits per heavy atom. The number of alkyl halides is 13. The highest BCUT2D eigenvalue weighted by molar-refractivity contribution is 6.53. The molecule has 3 atom stereocenters. The average Bonchev–Trinajstić information content (AvgIpc) is 2.34. The molecule has 0 amide bonds. The first-order chi connectivity index (χ1) is 9.87. The standard InChI is InChI=1S/C9H4Cl3F11/c10-3(6(11,12)4(14)8(18,19)20)7(16,17)5(15,1-2-13)9(21,22)23/h1-4H. The molecule has 23 heavy (non-hydrogen) atoms. The van der Waals surface area contributed by atoms with Gasteiger partial charge in [0.05, 0.1) is 6.33 Å². The summed E-state index contributed by atoms with van der Waals surface area (Å²) in [5.74, 6) is -6.07. The van der Waals surface area contributed by atoms with Gasteiger partial charge in [0.15, 0.2) is 4.33 Å². The lowest BCUT2D eigenvalue weighted by Gasteiger charge is -2.40. The molecule has 0 rings (SSSR count). The molecule has 0 aromatic rings. The van der Waals surface area contributed by atoms with Gasteiger partial charge in [-0.15, -0.1) is 11.6 Å². The van der Waals surface area contributed by atoms with E-state index in [9.17, 15) is 48.3 Å². The predicted molar refractivity (Wildman–Crippen MR) is 60.1 cm³/mol. The molecule has 0 heterocycles. The second-order valence-corrected chi connectivity index (χ2v) is 5.95. The molecule has 3 unspecified atom stereocenters. The maximum Gasteiger partial charge on any atom is 0.432 e. The van der Waals surface area contributed by atoms with Crippen LogP contribution < -0.4 is 0 Å². The first-order valence-electron chi connectivity index (χ1n) is 5.01. The molecule has 0 aromatic carbocycles. The van der Waals surface area contributed by atoms with Crippen LogP contribution >= 0.6 is 34.8 Å². The van der Waals surface area contributed by atoms with E-state index in [-0.39, 0.29) is 0 Å². The highest BCUT2D eigenvalue weighted by atomic mass is 35.5. The molecule has 0 aliphatic carbocycles. The van der Waals surface area contributed by atoms with Crippen LogP contribution in [-0.4, -0.2) is 39.8 Å². The van der Waals surface area contributed by atoms with E-state index >= 15 is 0 Å². The van der Waals surface area contributed by atoms with Gasteiger partial charge in [0.1, 0.15) is 5.38 Å². The van der Waals surface area contributed by atoms with Crippen LogP contribution in [0.3, 0.4) is 0 Å². The largest absolute Gasteiger partial charge is 0.432 e. The van der Waals surface area contributed by atoms with E-state index in [1.807, 2.05) is 0 Å². The fourth-order valence-corrected chi connectivity index (χ4v) is 2.05. The Hall–Kier alpha value is -0.160. The maximum absolute atomic E-state index is 13.6. The predicted octanol–water partition coefficient (Wildman–Crippen LogP) is 6.06. The Morgan fingerprint density at radius 1 is 0.826 bits per heavy atom. The summed E-state index contributed by atoms with van der Waals surface area (Å²) in [6.07, 6.45) is -19.7. The number of hydrogen-bond acceptors (Lipinski definition) is 0. The van der Waals surface area contributed by atoms with E-state index in [1.165, 1.54) is 0 Å². The lowest BCUT2D eigenvalue weighted by atomic mass is 9.91. The SMILES string of the molecule is FC=CC(F)(C(F)(F)F)C(F)(F)C(Cl)C(Cl)(Cl)C(F)C(F)(F)F. The van der Waals surface area contributed by atoms with Crippen molar-refractivity contribution < 1.29 is 48.3 Å². The van der Waals surface area contributed by atoms with Crippen LogP contribution in [0.4, 0.5) is 48.3 Å². The molecule has 0 saturated heterocycles. The third kappa shape index (κ3) is 4.09. The Bertz CT molecular complexity index is 441. The molecular weight excluding hydrogens is 423 g/mol. The van der Waals surface area contributed by atoms with Crippen LogP contribution in [0.25, 0.3) is 0 Å². The van der Waals surface area contributed by atoms with Gasteiger partial charge in [-0.3, -0.25) is 0 Å². The van der Waals surface area contributed by atoms with Crippen molar-refractivity contribution in [3.05, 3.63) is 12.4 Å². The maximum atomic E-state index is 13.6. The van der Waals surface area contributed by atoms with Gasteiger partial charge in [0.2, 0.25) is 6.17 Å². The van der Waals surface area contributed by atoms with Gasteiger partial charge in [-0.1, -0.05) is 23.2 Å². The topological polar surface area (TPSA) is 0 Å². The van der Waals surface area contributed by atoms with Crippen LogP contribution in [0.5, 0.6) is 0 Å². The molecule has 0 nitrogen and oxygen atoms in total. The third-order valence-electron chi connectivity index (χ3n) is 2.47. The van der Waals surface area contributed by atoms with E-state index < -0.39 is 52.2 Å². The smallest absolute Gasteiger partial charge is 0.234 e. The van der Waals surface area contributed by atoms with Crippen LogP contribution in [0.2, 0.25) is 0 Å². The van der Waals surface area contributed by atoms with Gasteiger partial charge in [0, 0.05) is 0 Å². The van der Waals surface area contributed by atoms with E-state index in [4.69, 9.17) is 0 Å². The number of hydrogen-bond donors (Lipinski definition) is 0. The normalized spacial score (nSPS) is 20.4. The van der Waals surface area contributed by atoms with Gasteiger partial charge < -0.3 is 0 Å². The summed E-state index contributed by atoms with van der Waals surface area (Å²) in [5.41, 5.74) is -5.90. The van der Waals surface area contributed by atoms with E-state index in [0.717, 1.165) is 0 Å². The highest BCUT2D eigenvalue weighted by Gasteiger charge is 2.76. The van der Waals surface area contributed by atoms with Crippen molar-refractivity contribution in [1.82, 2.24) is 0 Å². The van der Waals surface area contributed by atoms with Crippen LogP contribution in [-0.2, 0) is 0 Å². The zero-order valence-corrected chi connectivity index (χ0v) is 12.4. The molecule has 138 valence electrons. The minimum absolute atomic E-state index is 1.29. The molecule has 0 aliphatic heterocycles. The minimum atomic E-state index is -6.54. The van der Waals surface area contributed by atoms with E-state index in [1.54, 1.807) is 0 Å². The molecule has 0 radical (unpaired) electrons. The molecule has 0 saturated carbocycles. The quantitative estimate of drug-likeness (QED) is 0.370. The number of halogens is 14. The molecule has 0 aliphatic rings. The fourth-order valence-electron chi connectivity index (χ4n) is 1.25. The third-order valence-corrected chi connectivity index (χ3v) is 4.13. The molecule has 0 N–H and O–H groups in total. The molecular formula is C9H4Cl3F11. The lowest BCUT2D eigenvalue weighted by molar-refractivity contribution is -0.284. The van der Waals surface area contributed by atoms with Crippen molar-refractivity contribution >= 4 is 34.8 Å². The summed E-state index contributed by atoms with van der Waals surface area (Å²) >= 11 is 14.0. The van der Waals surface area contributed by atoms with Crippen molar-refractivity contribution in [2.24, 2.45) is 0 Å². The monoisotopic (exact) mass is 426 g/mol. The van der Waals surface area contributed by atoms with Crippen LogP contribution in [0.15, 0.2) is 12.4 Å². The van der Waals surface area contributed by atoms with Crippen LogP contribution in [0.1, 0.15) is 0 Å². The lowest BCUT2D eigenvalue weighted by Crippen LogP contribution is -2.64. The average molecular weight is 427 g/mol. The molecule has 0 spiro atoms. The van der Waals surface area contributed by atoms with Crippen molar-refractivity contribution in [3.63, 3.8) is 0 Å². The zero-order valence-electron chi connectivity index (χ0n) is 10.1. The molecule has 14 heteroatoms. The second-order valence-electron chi connectivity index (χ2n) is 4.07. The van der Waals surface area contributed by atoms with Gasteiger partial charge in [-0.25, -0.2) is 22.0 Å². The fraction of sp³-hybridized carbons (Fsp3) is 0.778. The van der Waals surface area contributed by atoms with Crippen LogP contribution in [0, 0.1) is 0 Å². The summed E-state index contributed by atoms with van der Waals surface area (Å²) in [6.45, 7) is 0. The Balaban J connectivity index is 6.08. The van der Waals surface area contributed by atoms with Crippen molar-refractivity contribution in [2.75, 3.05) is 0 Å². The Morgan fingerprint density at radius 3 is 1.48 bits per heavy atom. The second kappa shape index (κ2) is 6.62. The van der Waals surface area contributed by atoms with E-state index in [2.05, 4.69) is 34.8 Å². The van der Waals surface area contributed by atoms with Gasteiger partial charge >= 0.3 is 18.3 Å². The van der Waals surface area contributed by atoms with Gasteiger partial charge in [0.25, 0.3) is 5.67 Å². The summed E-state index contributed by atoms with van der Waals surface area (Å²) in [5, 5.41) is -4.09. The summed E-state index contributed by atoms with van der Waals surface area (Å²) in [7, 11) is 0. The Labute approximate surface area is 136 Å². The summed E-state index contributed by atoms with van der Waals surface area (Å²) < 4.78 is 135. The first kappa shape index (κ1) is 22.8. The van der Waals surface area contributed by atoms with E-state index in [0.29, 0.717) is 0 Å². The number of rotatable bonds is 5. The highest BCUT2D eigenvalue weighted by Crippen LogP contribution is 2.55. The Kier molecular flexibility index (Phi) is 6.58. The minimum Gasteiger partial charge on any atom is -0.234 e. The summed E-state index contributed by atoms with van der Waals surface area (Å²) in [4.78, 5) is 0. The molecule has 0 bridgehead atoms. The zero-order chi connectivity index (χ0) is 19.1. The number of allylic oxidation sites excluding steroid dienone is 1.